The van der Waals surface area contributed by atoms with Crippen molar-refractivity contribution in [2.45, 2.75) is 0 Å². The quantitative estimate of drug-likeness (QED) is 0.786. The number of thioether (sulfide) groups is 1. The van der Waals surface area contributed by atoms with Gasteiger partial charge in [-0.15, -0.1) is 11.8 Å². The van der Waals surface area contributed by atoms with E-state index in [0.29, 0.717) is 0 Å². The molecule has 0 atom stereocenters. The molecule has 1 aliphatic heterocycles. The first-order valence-electron chi connectivity index (χ1n) is 7.04. The van der Waals surface area contributed by atoms with E-state index in [1.54, 1.807) is 18.9 Å². The fourth-order valence-corrected chi connectivity index (χ4v) is 3.31. The summed E-state index contributed by atoms with van der Waals surface area (Å²) in [6.07, 6.45) is 2.04. The Hall–Kier alpha value is -2.40. The number of methoxy groups -OCH3 is 1. The van der Waals surface area contributed by atoms with Gasteiger partial charge in [0.25, 0.3) is 0 Å². The van der Waals surface area contributed by atoms with Gasteiger partial charge in [0, 0.05) is 11.8 Å². The van der Waals surface area contributed by atoms with Gasteiger partial charge in [0.1, 0.15) is 16.8 Å². The number of rotatable bonds is 3. The number of aromatic nitrogens is 2. The Balaban J connectivity index is 1.93. The predicted molar refractivity (Wildman–Crippen MR) is 92.2 cm³/mol. The SMILES string of the molecule is COc1ccc(-c2ccccc2)c2nc(N3C=CSC3)[nH]c12. The highest BCUT2D eigenvalue weighted by Gasteiger charge is 2.17. The monoisotopic (exact) mass is 309 g/mol. The van der Waals surface area contributed by atoms with Crippen molar-refractivity contribution in [1.82, 2.24) is 9.97 Å². The number of ether oxygens (including phenoxy) is 1. The van der Waals surface area contributed by atoms with Crippen molar-refractivity contribution in [3.05, 3.63) is 54.1 Å². The molecule has 0 radical (unpaired) electrons. The first-order chi connectivity index (χ1) is 10.9. The molecule has 0 spiro atoms. The highest BCUT2D eigenvalue weighted by atomic mass is 32.2. The molecule has 2 aromatic carbocycles. The molecule has 22 heavy (non-hydrogen) atoms. The lowest BCUT2D eigenvalue weighted by atomic mass is 10.0. The lowest BCUT2D eigenvalue weighted by Gasteiger charge is -2.09. The maximum Gasteiger partial charge on any atom is 0.208 e. The molecule has 1 aliphatic rings. The topological polar surface area (TPSA) is 41.1 Å². The standard InChI is InChI=1S/C17H15N3OS/c1-21-14-8-7-13(12-5-3-2-4-6-12)15-16(14)19-17(18-15)20-9-10-22-11-20/h2-10H,11H2,1H3,(H,18,19). The van der Waals surface area contributed by atoms with Crippen LogP contribution in [0.3, 0.4) is 0 Å². The minimum absolute atomic E-state index is 0.810. The maximum absolute atomic E-state index is 5.48. The van der Waals surface area contributed by atoms with E-state index in [4.69, 9.17) is 9.72 Å². The summed E-state index contributed by atoms with van der Waals surface area (Å²) in [5.74, 6) is 2.53. The fraction of sp³-hybridized carbons (Fsp3) is 0.118. The van der Waals surface area contributed by atoms with E-state index in [1.165, 1.54) is 0 Å². The molecule has 0 unspecified atom stereocenters. The molecular weight excluding hydrogens is 294 g/mol. The first kappa shape index (κ1) is 13.3. The van der Waals surface area contributed by atoms with Crippen molar-refractivity contribution in [2.24, 2.45) is 0 Å². The third-order valence-corrected chi connectivity index (χ3v) is 4.46. The number of anilines is 1. The van der Waals surface area contributed by atoms with E-state index >= 15 is 0 Å². The van der Waals surface area contributed by atoms with Crippen molar-refractivity contribution in [2.75, 3.05) is 17.9 Å². The minimum Gasteiger partial charge on any atom is -0.494 e. The summed E-state index contributed by atoms with van der Waals surface area (Å²) in [7, 11) is 1.68. The zero-order chi connectivity index (χ0) is 14.9. The second-order valence-electron chi connectivity index (χ2n) is 5.02. The van der Waals surface area contributed by atoms with Gasteiger partial charge in [-0.2, -0.15) is 0 Å². The molecule has 110 valence electrons. The summed E-state index contributed by atoms with van der Waals surface area (Å²) in [6.45, 7) is 0. The summed E-state index contributed by atoms with van der Waals surface area (Å²) in [4.78, 5) is 10.3. The number of benzene rings is 2. The Morgan fingerprint density at radius 3 is 2.77 bits per heavy atom. The molecule has 0 amide bonds. The van der Waals surface area contributed by atoms with Crippen LogP contribution in [0.25, 0.3) is 22.2 Å². The number of imidazole rings is 1. The highest BCUT2D eigenvalue weighted by molar-refractivity contribution is 8.02. The van der Waals surface area contributed by atoms with E-state index in [0.717, 1.165) is 39.7 Å². The van der Waals surface area contributed by atoms with Gasteiger partial charge in [-0.3, -0.25) is 0 Å². The van der Waals surface area contributed by atoms with Gasteiger partial charge >= 0.3 is 0 Å². The normalized spacial score (nSPS) is 14.0. The molecular formula is C17H15N3OS. The van der Waals surface area contributed by atoms with Gasteiger partial charge in [0.15, 0.2) is 0 Å². The van der Waals surface area contributed by atoms with E-state index in [1.807, 2.05) is 30.5 Å². The van der Waals surface area contributed by atoms with Crippen LogP contribution < -0.4 is 9.64 Å². The van der Waals surface area contributed by atoms with Gasteiger partial charge in [-0.25, -0.2) is 4.98 Å². The van der Waals surface area contributed by atoms with E-state index in [2.05, 4.69) is 33.5 Å². The average molecular weight is 309 g/mol. The molecule has 1 N–H and O–H groups in total. The van der Waals surface area contributed by atoms with Crippen LogP contribution in [0.5, 0.6) is 5.75 Å². The largest absolute Gasteiger partial charge is 0.494 e. The van der Waals surface area contributed by atoms with Crippen LogP contribution in [0.15, 0.2) is 54.1 Å². The average Bonchev–Trinajstić information content (AvgIpc) is 3.23. The molecule has 3 aromatic rings. The Morgan fingerprint density at radius 1 is 1.18 bits per heavy atom. The van der Waals surface area contributed by atoms with Crippen molar-refractivity contribution in [1.29, 1.82) is 0 Å². The Labute approximate surface area is 132 Å². The number of aromatic amines is 1. The molecule has 2 heterocycles. The molecule has 4 rings (SSSR count). The van der Waals surface area contributed by atoms with Crippen LogP contribution in [0.2, 0.25) is 0 Å². The van der Waals surface area contributed by atoms with Gasteiger partial charge in [-0.1, -0.05) is 30.3 Å². The van der Waals surface area contributed by atoms with Crippen molar-refractivity contribution >= 4 is 28.7 Å². The zero-order valence-corrected chi connectivity index (χ0v) is 12.9. The fourth-order valence-electron chi connectivity index (χ4n) is 2.63. The van der Waals surface area contributed by atoms with Crippen molar-refractivity contribution in [3.8, 4) is 16.9 Å². The summed E-state index contributed by atoms with van der Waals surface area (Å²) in [5, 5.41) is 2.07. The van der Waals surface area contributed by atoms with Crippen LogP contribution in [-0.2, 0) is 0 Å². The third-order valence-electron chi connectivity index (χ3n) is 3.72. The van der Waals surface area contributed by atoms with Gasteiger partial charge in [-0.05, 0) is 23.1 Å². The smallest absolute Gasteiger partial charge is 0.208 e. The Bertz CT molecular complexity index is 842. The maximum atomic E-state index is 5.48. The van der Waals surface area contributed by atoms with Gasteiger partial charge < -0.3 is 14.6 Å². The number of H-pyrrole nitrogens is 1. The van der Waals surface area contributed by atoms with E-state index < -0.39 is 0 Å². The number of hydrogen-bond acceptors (Lipinski definition) is 4. The van der Waals surface area contributed by atoms with E-state index in [9.17, 15) is 0 Å². The zero-order valence-electron chi connectivity index (χ0n) is 12.1. The molecule has 0 fully saturated rings. The van der Waals surface area contributed by atoms with Crippen molar-refractivity contribution in [3.63, 3.8) is 0 Å². The second kappa shape index (κ2) is 5.42. The van der Waals surface area contributed by atoms with Crippen LogP contribution in [-0.4, -0.2) is 23.0 Å². The highest BCUT2D eigenvalue weighted by Crippen LogP contribution is 2.35. The predicted octanol–water partition coefficient (Wildman–Crippen LogP) is 4.22. The first-order valence-corrected chi connectivity index (χ1v) is 8.09. The number of nitrogens with one attached hydrogen (secondary N) is 1. The third kappa shape index (κ3) is 2.14. The Kier molecular flexibility index (Phi) is 3.27. The summed E-state index contributed by atoms with van der Waals surface area (Å²) >= 11 is 1.75. The van der Waals surface area contributed by atoms with Crippen LogP contribution in [0, 0.1) is 0 Å². The molecule has 0 aliphatic carbocycles. The van der Waals surface area contributed by atoms with Crippen molar-refractivity contribution < 1.29 is 4.74 Å². The molecule has 4 nitrogen and oxygen atoms in total. The summed E-state index contributed by atoms with van der Waals surface area (Å²) < 4.78 is 5.48. The summed E-state index contributed by atoms with van der Waals surface area (Å²) in [5.41, 5.74) is 4.13. The van der Waals surface area contributed by atoms with Gasteiger partial charge in [0.05, 0.1) is 13.0 Å². The molecule has 5 heteroatoms. The number of hydrogen-bond donors (Lipinski definition) is 1. The Morgan fingerprint density at radius 2 is 2.05 bits per heavy atom. The molecule has 0 bridgehead atoms. The summed E-state index contributed by atoms with van der Waals surface area (Å²) in [6, 6.07) is 14.4. The van der Waals surface area contributed by atoms with E-state index in [-0.39, 0.29) is 0 Å². The lowest BCUT2D eigenvalue weighted by molar-refractivity contribution is 0.419. The lowest BCUT2D eigenvalue weighted by Crippen LogP contribution is -2.12. The number of nitrogens with zero attached hydrogens (tertiary/aromatic N) is 2. The number of fused-ring (bicyclic) bond motifs is 1. The van der Waals surface area contributed by atoms with Crippen LogP contribution in [0.4, 0.5) is 5.95 Å². The van der Waals surface area contributed by atoms with Gasteiger partial charge in [0.2, 0.25) is 5.95 Å². The van der Waals surface area contributed by atoms with Crippen LogP contribution >= 0.6 is 11.8 Å². The molecule has 0 saturated carbocycles. The second-order valence-corrected chi connectivity index (χ2v) is 5.88. The minimum atomic E-state index is 0.810. The molecule has 1 aromatic heterocycles. The molecule has 0 saturated heterocycles. The van der Waals surface area contributed by atoms with Crippen LogP contribution in [0.1, 0.15) is 0 Å².